The Bertz CT molecular complexity index is 348. The molecule has 1 aromatic rings. The van der Waals surface area contributed by atoms with E-state index in [0.717, 1.165) is 25.6 Å². The molecule has 0 spiro atoms. The van der Waals surface area contributed by atoms with E-state index in [0.29, 0.717) is 12.0 Å². The Hall–Kier alpha value is -0.870. The third-order valence-corrected chi connectivity index (χ3v) is 3.44. The standard InChI is InChI=1S/C13H23N3O/c1-10(2)16-9-15-8-13(16)12-6-11(12)7-14-4-5-17-3/h8-12,14H,4-7H2,1-3H3. The number of ether oxygens (including phenoxy) is 1. The van der Waals surface area contributed by atoms with Gasteiger partial charge in [-0.05, 0) is 32.7 Å². The van der Waals surface area contributed by atoms with Gasteiger partial charge in [-0.1, -0.05) is 0 Å². The Labute approximate surface area is 103 Å². The Balaban J connectivity index is 1.79. The number of hydrogen-bond donors (Lipinski definition) is 1. The highest BCUT2D eigenvalue weighted by Crippen LogP contribution is 2.47. The molecule has 0 amide bonds. The fraction of sp³-hybridized carbons (Fsp3) is 0.769. The van der Waals surface area contributed by atoms with Gasteiger partial charge in [0.15, 0.2) is 0 Å². The Kier molecular flexibility index (Phi) is 4.18. The summed E-state index contributed by atoms with van der Waals surface area (Å²) >= 11 is 0. The van der Waals surface area contributed by atoms with Gasteiger partial charge in [0.05, 0.1) is 12.9 Å². The van der Waals surface area contributed by atoms with Crippen LogP contribution in [0.3, 0.4) is 0 Å². The fourth-order valence-electron chi connectivity index (χ4n) is 2.33. The number of nitrogens with zero attached hydrogens (tertiary/aromatic N) is 2. The molecule has 4 nitrogen and oxygen atoms in total. The minimum Gasteiger partial charge on any atom is -0.383 e. The van der Waals surface area contributed by atoms with E-state index in [4.69, 9.17) is 4.74 Å². The third-order valence-electron chi connectivity index (χ3n) is 3.44. The van der Waals surface area contributed by atoms with Crippen molar-refractivity contribution in [2.75, 3.05) is 26.8 Å². The minimum atomic E-state index is 0.509. The minimum absolute atomic E-state index is 0.509. The number of aromatic nitrogens is 2. The highest BCUT2D eigenvalue weighted by atomic mass is 16.5. The van der Waals surface area contributed by atoms with Crippen LogP contribution in [0.4, 0.5) is 0 Å². The van der Waals surface area contributed by atoms with Crippen molar-refractivity contribution in [2.24, 2.45) is 5.92 Å². The van der Waals surface area contributed by atoms with Crippen LogP contribution in [-0.4, -0.2) is 36.4 Å². The molecule has 0 radical (unpaired) electrons. The highest BCUT2D eigenvalue weighted by molar-refractivity contribution is 5.17. The van der Waals surface area contributed by atoms with E-state index in [1.54, 1.807) is 7.11 Å². The Morgan fingerprint density at radius 2 is 2.41 bits per heavy atom. The molecule has 0 saturated heterocycles. The van der Waals surface area contributed by atoms with Gasteiger partial charge in [0, 0.05) is 37.5 Å². The van der Waals surface area contributed by atoms with Gasteiger partial charge in [0.1, 0.15) is 0 Å². The van der Waals surface area contributed by atoms with Crippen LogP contribution in [0, 0.1) is 5.92 Å². The van der Waals surface area contributed by atoms with Crippen molar-refractivity contribution >= 4 is 0 Å². The number of methoxy groups -OCH3 is 1. The summed E-state index contributed by atoms with van der Waals surface area (Å²) in [4.78, 5) is 4.27. The molecule has 0 aromatic carbocycles. The van der Waals surface area contributed by atoms with Crippen LogP contribution in [0.2, 0.25) is 0 Å². The van der Waals surface area contributed by atoms with Gasteiger partial charge in [-0.3, -0.25) is 0 Å². The van der Waals surface area contributed by atoms with Gasteiger partial charge in [-0.25, -0.2) is 4.98 Å². The first kappa shape index (κ1) is 12.6. The molecule has 4 heteroatoms. The molecule has 2 atom stereocenters. The van der Waals surface area contributed by atoms with Crippen LogP contribution < -0.4 is 5.32 Å². The maximum Gasteiger partial charge on any atom is 0.0950 e. The molecule has 1 heterocycles. The molecular formula is C13H23N3O. The van der Waals surface area contributed by atoms with E-state index in [9.17, 15) is 0 Å². The summed E-state index contributed by atoms with van der Waals surface area (Å²) in [6.45, 7) is 7.25. The summed E-state index contributed by atoms with van der Waals surface area (Å²) in [5.41, 5.74) is 1.40. The summed E-state index contributed by atoms with van der Waals surface area (Å²) in [6, 6.07) is 0.509. The Morgan fingerprint density at radius 3 is 3.12 bits per heavy atom. The lowest BCUT2D eigenvalue weighted by Gasteiger charge is -2.11. The summed E-state index contributed by atoms with van der Waals surface area (Å²) in [6.07, 6.45) is 5.27. The highest BCUT2D eigenvalue weighted by Gasteiger charge is 2.39. The van der Waals surface area contributed by atoms with Crippen molar-refractivity contribution in [3.63, 3.8) is 0 Å². The molecule has 1 aromatic heterocycles. The van der Waals surface area contributed by atoms with Gasteiger partial charge in [0.2, 0.25) is 0 Å². The van der Waals surface area contributed by atoms with E-state index in [2.05, 4.69) is 28.7 Å². The van der Waals surface area contributed by atoms with Crippen LogP contribution >= 0.6 is 0 Å². The summed E-state index contributed by atoms with van der Waals surface area (Å²) in [7, 11) is 1.74. The lowest BCUT2D eigenvalue weighted by molar-refractivity contribution is 0.199. The van der Waals surface area contributed by atoms with Crippen molar-refractivity contribution < 1.29 is 4.74 Å². The van der Waals surface area contributed by atoms with Crippen molar-refractivity contribution in [3.8, 4) is 0 Å². The van der Waals surface area contributed by atoms with Crippen LogP contribution in [0.1, 0.15) is 37.9 Å². The van der Waals surface area contributed by atoms with Crippen molar-refractivity contribution in [1.82, 2.24) is 14.9 Å². The van der Waals surface area contributed by atoms with E-state index in [-0.39, 0.29) is 0 Å². The molecule has 1 aliphatic rings. The number of rotatable bonds is 7. The monoisotopic (exact) mass is 237 g/mol. The predicted octanol–water partition coefficient (Wildman–Crippen LogP) is 1.80. The molecule has 1 aliphatic carbocycles. The van der Waals surface area contributed by atoms with E-state index >= 15 is 0 Å². The van der Waals surface area contributed by atoms with Crippen LogP contribution in [0.25, 0.3) is 0 Å². The van der Waals surface area contributed by atoms with Crippen LogP contribution in [0.5, 0.6) is 0 Å². The second-order valence-corrected chi connectivity index (χ2v) is 5.12. The normalized spacial score (nSPS) is 23.3. The van der Waals surface area contributed by atoms with Crippen molar-refractivity contribution in [3.05, 3.63) is 18.2 Å². The maximum atomic E-state index is 5.02. The van der Waals surface area contributed by atoms with Gasteiger partial charge < -0.3 is 14.6 Å². The van der Waals surface area contributed by atoms with Gasteiger partial charge >= 0.3 is 0 Å². The largest absolute Gasteiger partial charge is 0.383 e. The summed E-state index contributed by atoms with van der Waals surface area (Å²) in [5, 5.41) is 3.43. The maximum absolute atomic E-state index is 5.02. The first-order valence-electron chi connectivity index (χ1n) is 6.45. The molecule has 2 rings (SSSR count). The zero-order chi connectivity index (χ0) is 12.3. The second kappa shape index (κ2) is 5.65. The zero-order valence-corrected chi connectivity index (χ0v) is 11.0. The van der Waals surface area contributed by atoms with E-state index in [1.165, 1.54) is 12.1 Å². The van der Waals surface area contributed by atoms with Gasteiger partial charge in [-0.2, -0.15) is 0 Å². The van der Waals surface area contributed by atoms with Crippen LogP contribution in [-0.2, 0) is 4.74 Å². The quantitative estimate of drug-likeness (QED) is 0.735. The topological polar surface area (TPSA) is 39.1 Å². The number of imidazole rings is 1. The molecule has 96 valence electrons. The summed E-state index contributed by atoms with van der Waals surface area (Å²) < 4.78 is 7.31. The van der Waals surface area contributed by atoms with Crippen molar-refractivity contribution in [2.45, 2.75) is 32.2 Å². The first-order valence-corrected chi connectivity index (χ1v) is 6.45. The Morgan fingerprint density at radius 1 is 1.59 bits per heavy atom. The average molecular weight is 237 g/mol. The lowest BCUT2D eigenvalue weighted by atomic mass is 10.2. The lowest BCUT2D eigenvalue weighted by Crippen LogP contribution is -2.22. The second-order valence-electron chi connectivity index (χ2n) is 5.12. The number of hydrogen-bond acceptors (Lipinski definition) is 3. The first-order chi connectivity index (χ1) is 8.24. The molecule has 17 heavy (non-hydrogen) atoms. The van der Waals surface area contributed by atoms with Gasteiger partial charge in [0.25, 0.3) is 0 Å². The zero-order valence-electron chi connectivity index (χ0n) is 11.0. The molecule has 1 fully saturated rings. The molecule has 2 unspecified atom stereocenters. The molecule has 0 bridgehead atoms. The molecule has 1 N–H and O–H groups in total. The molecular weight excluding hydrogens is 214 g/mol. The predicted molar refractivity (Wildman–Crippen MR) is 68.2 cm³/mol. The average Bonchev–Trinajstić information content (AvgIpc) is 2.89. The van der Waals surface area contributed by atoms with E-state index < -0.39 is 0 Å². The SMILES string of the molecule is COCCNCC1CC1c1cncn1C(C)C. The van der Waals surface area contributed by atoms with E-state index in [1.807, 2.05) is 12.5 Å². The third kappa shape index (κ3) is 3.07. The fourth-order valence-corrected chi connectivity index (χ4v) is 2.33. The molecule has 0 aliphatic heterocycles. The number of nitrogens with one attached hydrogen (secondary N) is 1. The smallest absolute Gasteiger partial charge is 0.0950 e. The van der Waals surface area contributed by atoms with Crippen molar-refractivity contribution in [1.29, 1.82) is 0 Å². The van der Waals surface area contributed by atoms with Crippen LogP contribution in [0.15, 0.2) is 12.5 Å². The molecule has 1 saturated carbocycles. The van der Waals surface area contributed by atoms with Gasteiger partial charge in [-0.15, -0.1) is 0 Å². The summed E-state index contributed by atoms with van der Waals surface area (Å²) in [5.74, 6) is 1.48.